The Morgan fingerprint density at radius 2 is 1.77 bits per heavy atom. The number of imide groups is 1. The van der Waals surface area contributed by atoms with Gasteiger partial charge in [-0.05, 0) is 61.1 Å². The van der Waals surface area contributed by atoms with Crippen LogP contribution in [0.15, 0.2) is 24.3 Å². The van der Waals surface area contributed by atoms with Crippen molar-refractivity contribution in [1.82, 2.24) is 15.5 Å². The molecule has 1 atom stereocenters. The molecule has 1 aliphatic heterocycles. The summed E-state index contributed by atoms with van der Waals surface area (Å²) in [5.41, 5.74) is -0.456. The van der Waals surface area contributed by atoms with E-state index in [2.05, 4.69) is 31.4 Å². The van der Waals surface area contributed by atoms with E-state index in [0.717, 1.165) is 37.0 Å². The molecule has 31 heavy (non-hydrogen) atoms. The molecule has 1 saturated carbocycles. The second kappa shape index (κ2) is 8.97. The summed E-state index contributed by atoms with van der Waals surface area (Å²) in [4.78, 5) is 39.3. The lowest BCUT2D eigenvalue weighted by Gasteiger charge is -2.39. The molecule has 170 valence electrons. The monoisotopic (exact) mass is 431 g/mol. The minimum atomic E-state index is -1.27. The van der Waals surface area contributed by atoms with E-state index in [9.17, 15) is 18.8 Å². The zero-order valence-corrected chi connectivity index (χ0v) is 19.0. The number of urea groups is 1. The SMILES string of the molecule is CCC(C)(C)C1CCC(NC(=O)CN2C(=O)N[C@](CC)(c3ccc(F)cc3)C2=O)CC1. The van der Waals surface area contributed by atoms with Gasteiger partial charge in [0, 0.05) is 6.04 Å². The Bertz CT molecular complexity index is 831. The third-order valence-electron chi connectivity index (χ3n) is 7.45. The summed E-state index contributed by atoms with van der Waals surface area (Å²) in [6.45, 7) is 8.29. The highest BCUT2D eigenvalue weighted by atomic mass is 19.1. The van der Waals surface area contributed by atoms with Crippen molar-refractivity contribution in [2.24, 2.45) is 11.3 Å². The molecular formula is C24H34FN3O3. The summed E-state index contributed by atoms with van der Waals surface area (Å²) < 4.78 is 13.3. The van der Waals surface area contributed by atoms with Crippen LogP contribution in [-0.4, -0.2) is 35.3 Å². The van der Waals surface area contributed by atoms with Crippen LogP contribution < -0.4 is 10.6 Å². The van der Waals surface area contributed by atoms with Crippen molar-refractivity contribution >= 4 is 17.8 Å². The van der Waals surface area contributed by atoms with Gasteiger partial charge in [0.25, 0.3) is 5.91 Å². The summed E-state index contributed by atoms with van der Waals surface area (Å²) >= 11 is 0. The van der Waals surface area contributed by atoms with Crippen molar-refractivity contribution in [3.8, 4) is 0 Å². The Labute approximate surface area is 183 Å². The molecule has 2 fully saturated rings. The van der Waals surface area contributed by atoms with Crippen molar-refractivity contribution in [1.29, 1.82) is 0 Å². The van der Waals surface area contributed by atoms with Gasteiger partial charge in [0.1, 0.15) is 17.9 Å². The largest absolute Gasteiger partial charge is 0.352 e. The fraction of sp³-hybridized carbons (Fsp3) is 0.625. The lowest BCUT2D eigenvalue weighted by atomic mass is 9.69. The van der Waals surface area contributed by atoms with E-state index in [1.54, 1.807) is 6.92 Å². The topological polar surface area (TPSA) is 78.5 Å². The maximum absolute atomic E-state index is 13.3. The first kappa shape index (κ1) is 23.2. The molecule has 0 radical (unpaired) electrons. The number of carbonyl (C=O) groups excluding carboxylic acids is 3. The predicted molar refractivity (Wildman–Crippen MR) is 117 cm³/mol. The van der Waals surface area contributed by atoms with E-state index < -0.39 is 23.3 Å². The highest BCUT2D eigenvalue weighted by Gasteiger charge is 2.51. The zero-order valence-electron chi connectivity index (χ0n) is 19.0. The minimum absolute atomic E-state index is 0.0743. The van der Waals surface area contributed by atoms with Crippen LogP contribution in [0, 0.1) is 17.2 Å². The van der Waals surface area contributed by atoms with Gasteiger partial charge in [-0.15, -0.1) is 0 Å². The lowest BCUT2D eigenvalue weighted by Crippen LogP contribution is -2.47. The van der Waals surface area contributed by atoms with Crippen LogP contribution in [0.4, 0.5) is 9.18 Å². The van der Waals surface area contributed by atoms with E-state index in [-0.39, 0.29) is 18.5 Å². The molecule has 1 aliphatic carbocycles. The molecule has 6 nitrogen and oxygen atoms in total. The van der Waals surface area contributed by atoms with E-state index in [0.29, 0.717) is 23.3 Å². The van der Waals surface area contributed by atoms with Gasteiger partial charge in [-0.3, -0.25) is 14.5 Å². The van der Waals surface area contributed by atoms with Crippen LogP contribution in [0.3, 0.4) is 0 Å². The second-order valence-corrected chi connectivity index (χ2v) is 9.55. The number of amides is 4. The van der Waals surface area contributed by atoms with Gasteiger partial charge in [0.2, 0.25) is 5.91 Å². The molecule has 1 aromatic carbocycles. The Morgan fingerprint density at radius 1 is 1.16 bits per heavy atom. The number of halogens is 1. The van der Waals surface area contributed by atoms with Crippen LogP contribution >= 0.6 is 0 Å². The number of rotatable bonds is 7. The van der Waals surface area contributed by atoms with Gasteiger partial charge in [0.05, 0.1) is 0 Å². The van der Waals surface area contributed by atoms with E-state index in [1.807, 2.05) is 0 Å². The first-order valence-electron chi connectivity index (χ1n) is 11.3. The van der Waals surface area contributed by atoms with Gasteiger partial charge < -0.3 is 10.6 Å². The molecule has 1 saturated heterocycles. The molecule has 2 N–H and O–H groups in total. The van der Waals surface area contributed by atoms with Crippen molar-refractivity contribution < 1.29 is 18.8 Å². The van der Waals surface area contributed by atoms with Crippen molar-refractivity contribution in [2.75, 3.05) is 6.54 Å². The first-order valence-corrected chi connectivity index (χ1v) is 11.3. The number of hydrogen-bond donors (Lipinski definition) is 2. The highest BCUT2D eigenvalue weighted by molar-refractivity contribution is 6.09. The van der Waals surface area contributed by atoms with Crippen LogP contribution in [0.5, 0.6) is 0 Å². The lowest BCUT2D eigenvalue weighted by molar-refractivity contribution is -0.135. The standard InChI is InChI=1S/C24H34FN3O3/c1-5-23(3,4)16-9-13-19(14-10-16)26-20(29)15-28-21(30)24(6-2,27-22(28)31)17-7-11-18(25)12-8-17/h7-8,11-12,16,19H,5-6,9-10,13-15H2,1-4H3,(H,26,29)(H,27,31)/t16?,19?,24-/m1/s1. The van der Waals surface area contributed by atoms with E-state index in [1.165, 1.54) is 24.3 Å². The van der Waals surface area contributed by atoms with E-state index in [4.69, 9.17) is 0 Å². The number of nitrogens with zero attached hydrogens (tertiary/aromatic N) is 1. The Hall–Kier alpha value is -2.44. The quantitative estimate of drug-likeness (QED) is 0.638. The zero-order chi connectivity index (χ0) is 22.8. The summed E-state index contributed by atoms with van der Waals surface area (Å²) in [7, 11) is 0. The minimum Gasteiger partial charge on any atom is -0.352 e. The number of hydrogen-bond acceptors (Lipinski definition) is 3. The Balaban J connectivity index is 1.61. The third-order valence-corrected chi connectivity index (χ3v) is 7.45. The van der Waals surface area contributed by atoms with E-state index >= 15 is 0 Å². The molecule has 0 unspecified atom stereocenters. The fourth-order valence-electron chi connectivity index (χ4n) is 4.87. The van der Waals surface area contributed by atoms with Crippen molar-refractivity contribution in [2.45, 2.75) is 77.8 Å². The maximum atomic E-state index is 13.3. The predicted octanol–water partition coefficient (Wildman–Crippen LogP) is 4.09. The molecule has 0 spiro atoms. The number of benzene rings is 1. The molecule has 1 aromatic rings. The summed E-state index contributed by atoms with van der Waals surface area (Å²) in [5.74, 6) is -0.569. The molecule has 0 aromatic heterocycles. The van der Waals surface area contributed by atoms with Crippen LogP contribution in [0.1, 0.15) is 71.8 Å². The van der Waals surface area contributed by atoms with Crippen LogP contribution in [0.25, 0.3) is 0 Å². The molecule has 0 bridgehead atoms. The Kier molecular flexibility index (Phi) is 6.72. The van der Waals surface area contributed by atoms with Crippen molar-refractivity contribution in [3.63, 3.8) is 0 Å². The average molecular weight is 432 g/mol. The molecular weight excluding hydrogens is 397 g/mol. The number of nitrogens with one attached hydrogen (secondary N) is 2. The molecule has 1 heterocycles. The maximum Gasteiger partial charge on any atom is 0.325 e. The van der Waals surface area contributed by atoms with Crippen LogP contribution in [0.2, 0.25) is 0 Å². The average Bonchev–Trinajstić information content (AvgIpc) is 2.99. The smallest absolute Gasteiger partial charge is 0.325 e. The Morgan fingerprint density at radius 3 is 2.32 bits per heavy atom. The van der Waals surface area contributed by atoms with Crippen LogP contribution in [-0.2, 0) is 15.1 Å². The fourth-order valence-corrected chi connectivity index (χ4v) is 4.87. The van der Waals surface area contributed by atoms with Gasteiger partial charge >= 0.3 is 6.03 Å². The first-order chi connectivity index (χ1) is 14.6. The molecule has 2 aliphatic rings. The normalized spacial score (nSPS) is 26.7. The summed E-state index contributed by atoms with van der Waals surface area (Å²) in [6, 6.07) is 4.99. The molecule has 7 heteroatoms. The second-order valence-electron chi connectivity index (χ2n) is 9.55. The van der Waals surface area contributed by atoms with Crippen molar-refractivity contribution in [3.05, 3.63) is 35.6 Å². The van der Waals surface area contributed by atoms with Gasteiger partial charge in [0.15, 0.2) is 0 Å². The van der Waals surface area contributed by atoms with Gasteiger partial charge in [-0.1, -0.05) is 46.2 Å². The molecule has 4 amide bonds. The van der Waals surface area contributed by atoms with Gasteiger partial charge in [-0.25, -0.2) is 9.18 Å². The third kappa shape index (κ3) is 4.60. The highest BCUT2D eigenvalue weighted by Crippen LogP contribution is 2.40. The number of carbonyl (C=O) groups is 3. The summed E-state index contributed by atoms with van der Waals surface area (Å²) in [5, 5.41) is 5.73. The summed E-state index contributed by atoms with van der Waals surface area (Å²) in [6.07, 6.45) is 5.40. The van der Waals surface area contributed by atoms with Gasteiger partial charge in [-0.2, -0.15) is 0 Å². The molecule has 3 rings (SSSR count).